The van der Waals surface area contributed by atoms with Crippen molar-refractivity contribution in [3.8, 4) is 0 Å². The molecule has 92 valence electrons. The Hall–Kier alpha value is -1.91. The van der Waals surface area contributed by atoms with Crippen molar-refractivity contribution in [2.75, 3.05) is 0 Å². The Balaban J connectivity index is 2.94. The highest BCUT2D eigenvalue weighted by atomic mass is 16.6. The Kier molecular flexibility index (Phi) is 4.20. The molecule has 0 aromatic heterocycles. The molecular weight excluding hydrogens is 220 g/mol. The standard InChI is InChI=1S/C12H16N2O3/c1-8(6-7-12(13)15)10-4-3-5-11(9(10)2)14(16)17/h3-5,8H,6-7H2,1-2H3,(H2,13,15). The molecule has 0 spiro atoms. The Morgan fingerprint density at radius 3 is 2.71 bits per heavy atom. The average molecular weight is 236 g/mol. The van der Waals surface area contributed by atoms with Gasteiger partial charge in [0, 0.05) is 18.1 Å². The second kappa shape index (κ2) is 5.43. The first kappa shape index (κ1) is 13.2. The van der Waals surface area contributed by atoms with Crippen LogP contribution in [0.15, 0.2) is 18.2 Å². The summed E-state index contributed by atoms with van der Waals surface area (Å²) in [5, 5.41) is 10.8. The van der Waals surface area contributed by atoms with E-state index in [1.165, 1.54) is 6.07 Å². The minimum atomic E-state index is -0.389. The summed E-state index contributed by atoms with van der Waals surface area (Å²) in [4.78, 5) is 21.1. The minimum Gasteiger partial charge on any atom is -0.370 e. The summed E-state index contributed by atoms with van der Waals surface area (Å²) in [7, 11) is 0. The van der Waals surface area contributed by atoms with Gasteiger partial charge in [-0.25, -0.2) is 0 Å². The van der Waals surface area contributed by atoms with Gasteiger partial charge in [0.25, 0.3) is 5.69 Å². The quantitative estimate of drug-likeness (QED) is 0.628. The van der Waals surface area contributed by atoms with E-state index in [4.69, 9.17) is 5.73 Å². The topological polar surface area (TPSA) is 86.2 Å². The molecule has 1 aromatic carbocycles. The molecule has 0 aliphatic carbocycles. The van der Waals surface area contributed by atoms with Crippen molar-refractivity contribution in [1.82, 2.24) is 0 Å². The number of hydrogen-bond acceptors (Lipinski definition) is 3. The monoisotopic (exact) mass is 236 g/mol. The summed E-state index contributed by atoms with van der Waals surface area (Å²) in [5.74, 6) is -0.262. The van der Waals surface area contributed by atoms with Gasteiger partial charge in [0.05, 0.1) is 4.92 Å². The third-order valence-electron chi connectivity index (χ3n) is 2.90. The number of nitrogens with zero attached hydrogens (tertiary/aromatic N) is 1. The van der Waals surface area contributed by atoms with Gasteiger partial charge < -0.3 is 5.73 Å². The van der Waals surface area contributed by atoms with Gasteiger partial charge >= 0.3 is 0 Å². The maximum Gasteiger partial charge on any atom is 0.272 e. The molecule has 1 unspecified atom stereocenters. The molecule has 0 aliphatic heterocycles. The number of benzene rings is 1. The van der Waals surface area contributed by atoms with E-state index >= 15 is 0 Å². The molecule has 0 fully saturated rings. The van der Waals surface area contributed by atoms with E-state index in [-0.39, 0.29) is 22.4 Å². The number of carbonyl (C=O) groups is 1. The van der Waals surface area contributed by atoms with Crippen LogP contribution >= 0.6 is 0 Å². The van der Waals surface area contributed by atoms with Crippen molar-refractivity contribution in [1.29, 1.82) is 0 Å². The highest BCUT2D eigenvalue weighted by Crippen LogP contribution is 2.29. The van der Waals surface area contributed by atoms with E-state index in [0.29, 0.717) is 18.4 Å². The van der Waals surface area contributed by atoms with Crippen molar-refractivity contribution < 1.29 is 9.72 Å². The van der Waals surface area contributed by atoms with Crippen LogP contribution in [-0.4, -0.2) is 10.8 Å². The molecule has 0 saturated heterocycles. The molecular formula is C12H16N2O3. The van der Waals surface area contributed by atoms with Gasteiger partial charge in [-0.3, -0.25) is 14.9 Å². The maximum absolute atomic E-state index is 10.8. The molecule has 1 rings (SSSR count). The number of hydrogen-bond donors (Lipinski definition) is 1. The Bertz CT molecular complexity index is 443. The molecule has 5 heteroatoms. The zero-order valence-corrected chi connectivity index (χ0v) is 9.97. The number of nitrogens with two attached hydrogens (primary N) is 1. The number of carbonyl (C=O) groups excluding carboxylic acids is 1. The van der Waals surface area contributed by atoms with Crippen molar-refractivity contribution in [3.05, 3.63) is 39.4 Å². The first-order valence-electron chi connectivity index (χ1n) is 5.45. The number of primary amides is 1. The SMILES string of the molecule is Cc1c(C(C)CCC(N)=O)cccc1[N+](=O)[O-]. The zero-order chi connectivity index (χ0) is 13.0. The fourth-order valence-electron chi connectivity index (χ4n) is 1.89. The van der Waals surface area contributed by atoms with E-state index in [2.05, 4.69) is 0 Å². The molecule has 0 bridgehead atoms. The largest absolute Gasteiger partial charge is 0.370 e. The average Bonchev–Trinajstić information content (AvgIpc) is 2.25. The number of nitro benzene ring substituents is 1. The maximum atomic E-state index is 10.8. The van der Waals surface area contributed by atoms with Crippen LogP contribution < -0.4 is 5.73 Å². The smallest absolute Gasteiger partial charge is 0.272 e. The number of rotatable bonds is 5. The molecule has 1 amide bonds. The van der Waals surface area contributed by atoms with Gasteiger partial charge in [-0.05, 0) is 24.8 Å². The first-order chi connectivity index (χ1) is 7.93. The van der Waals surface area contributed by atoms with Crippen LogP contribution in [0.2, 0.25) is 0 Å². The second-order valence-corrected chi connectivity index (χ2v) is 4.15. The highest BCUT2D eigenvalue weighted by molar-refractivity contribution is 5.73. The van der Waals surface area contributed by atoms with E-state index in [9.17, 15) is 14.9 Å². The number of amides is 1. The second-order valence-electron chi connectivity index (χ2n) is 4.15. The van der Waals surface area contributed by atoms with Crippen LogP contribution in [0, 0.1) is 17.0 Å². The van der Waals surface area contributed by atoms with Gasteiger partial charge in [0.15, 0.2) is 0 Å². The fourth-order valence-corrected chi connectivity index (χ4v) is 1.89. The molecule has 17 heavy (non-hydrogen) atoms. The summed E-state index contributed by atoms with van der Waals surface area (Å²) in [6, 6.07) is 5.01. The van der Waals surface area contributed by atoms with Gasteiger partial charge in [-0.15, -0.1) is 0 Å². The molecule has 0 aliphatic rings. The zero-order valence-electron chi connectivity index (χ0n) is 9.97. The van der Waals surface area contributed by atoms with Crippen LogP contribution in [-0.2, 0) is 4.79 Å². The van der Waals surface area contributed by atoms with E-state index in [1.807, 2.05) is 13.0 Å². The molecule has 1 aromatic rings. The predicted octanol–water partition coefficient (Wildman–Crippen LogP) is 2.27. The highest BCUT2D eigenvalue weighted by Gasteiger charge is 2.17. The van der Waals surface area contributed by atoms with E-state index in [1.54, 1.807) is 13.0 Å². The van der Waals surface area contributed by atoms with Gasteiger partial charge in [-0.2, -0.15) is 0 Å². The van der Waals surface area contributed by atoms with Crippen molar-refractivity contribution in [2.45, 2.75) is 32.6 Å². The van der Waals surface area contributed by atoms with E-state index in [0.717, 1.165) is 5.56 Å². The summed E-state index contributed by atoms with van der Waals surface area (Å²) in [6.45, 7) is 3.67. The summed E-state index contributed by atoms with van der Waals surface area (Å²) >= 11 is 0. The molecule has 0 saturated carbocycles. The fraction of sp³-hybridized carbons (Fsp3) is 0.417. The van der Waals surface area contributed by atoms with Crippen LogP contribution in [0.3, 0.4) is 0 Å². The number of nitro groups is 1. The minimum absolute atomic E-state index is 0.0856. The lowest BCUT2D eigenvalue weighted by Crippen LogP contribution is -2.11. The molecule has 0 radical (unpaired) electrons. The van der Waals surface area contributed by atoms with Crippen molar-refractivity contribution in [3.63, 3.8) is 0 Å². The van der Waals surface area contributed by atoms with Crippen LogP contribution in [0.25, 0.3) is 0 Å². The predicted molar refractivity (Wildman–Crippen MR) is 64.7 cm³/mol. The van der Waals surface area contributed by atoms with E-state index < -0.39 is 0 Å². The van der Waals surface area contributed by atoms with Gasteiger partial charge in [-0.1, -0.05) is 19.1 Å². The summed E-state index contributed by atoms with van der Waals surface area (Å²) in [5.41, 5.74) is 6.77. The lowest BCUT2D eigenvalue weighted by molar-refractivity contribution is -0.385. The Labute approximate surface area is 99.8 Å². The van der Waals surface area contributed by atoms with Gasteiger partial charge in [0.2, 0.25) is 5.91 Å². The Morgan fingerprint density at radius 2 is 2.18 bits per heavy atom. The van der Waals surface area contributed by atoms with Crippen molar-refractivity contribution in [2.24, 2.45) is 5.73 Å². The molecule has 0 heterocycles. The van der Waals surface area contributed by atoms with Crippen LogP contribution in [0.5, 0.6) is 0 Å². The summed E-state index contributed by atoms with van der Waals surface area (Å²) in [6.07, 6.45) is 0.903. The molecule has 2 N–H and O–H groups in total. The lowest BCUT2D eigenvalue weighted by Gasteiger charge is -2.13. The van der Waals surface area contributed by atoms with Crippen molar-refractivity contribution >= 4 is 11.6 Å². The van der Waals surface area contributed by atoms with Crippen LogP contribution in [0.1, 0.15) is 36.8 Å². The molecule has 5 nitrogen and oxygen atoms in total. The Morgan fingerprint density at radius 1 is 1.53 bits per heavy atom. The lowest BCUT2D eigenvalue weighted by atomic mass is 9.91. The third-order valence-corrected chi connectivity index (χ3v) is 2.90. The van der Waals surface area contributed by atoms with Crippen LogP contribution in [0.4, 0.5) is 5.69 Å². The summed E-state index contributed by atoms with van der Waals surface area (Å²) < 4.78 is 0. The molecule has 1 atom stereocenters. The third kappa shape index (κ3) is 3.27. The van der Waals surface area contributed by atoms with Gasteiger partial charge in [0.1, 0.15) is 0 Å². The normalized spacial score (nSPS) is 12.1. The first-order valence-corrected chi connectivity index (χ1v) is 5.45.